The van der Waals surface area contributed by atoms with E-state index in [1.165, 1.54) is 31.7 Å². The van der Waals surface area contributed by atoms with Crippen LogP contribution in [0.4, 0.5) is 4.39 Å². The SMILES string of the molecule is CC(C)CNCC1CCCCC1Cc1cc(F)ccc1Br. The molecule has 1 N–H and O–H groups in total. The predicted octanol–water partition coefficient (Wildman–Crippen LogP) is 5.18. The van der Waals surface area contributed by atoms with Crippen LogP contribution in [0.25, 0.3) is 0 Å². The van der Waals surface area contributed by atoms with Crippen molar-refractivity contribution in [1.82, 2.24) is 5.32 Å². The Morgan fingerprint density at radius 3 is 2.67 bits per heavy atom. The van der Waals surface area contributed by atoms with E-state index >= 15 is 0 Å². The molecule has 0 aromatic heterocycles. The molecular weight excluding hydrogens is 329 g/mol. The molecule has 0 aliphatic heterocycles. The van der Waals surface area contributed by atoms with Crippen LogP contribution in [0.1, 0.15) is 45.1 Å². The average Bonchev–Trinajstić information content (AvgIpc) is 2.44. The van der Waals surface area contributed by atoms with E-state index in [9.17, 15) is 4.39 Å². The first-order valence-electron chi connectivity index (χ1n) is 8.21. The summed E-state index contributed by atoms with van der Waals surface area (Å²) in [5.74, 6) is 1.98. The molecule has 118 valence electrons. The second kappa shape index (κ2) is 8.28. The van der Waals surface area contributed by atoms with E-state index in [0.29, 0.717) is 11.8 Å². The summed E-state index contributed by atoms with van der Waals surface area (Å²) in [5, 5.41) is 3.61. The standard InChI is InChI=1S/C18H27BrFN/c1-13(2)11-21-12-15-6-4-3-5-14(15)9-16-10-17(20)7-8-18(16)19/h7-8,10,13-15,21H,3-6,9,11-12H2,1-2H3. The van der Waals surface area contributed by atoms with E-state index in [2.05, 4.69) is 35.1 Å². The summed E-state index contributed by atoms with van der Waals surface area (Å²) in [6.07, 6.45) is 6.24. The van der Waals surface area contributed by atoms with E-state index in [1.54, 1.807) is 6.07 Å². The van der Waals surface area contributed by atoms with Gasteiger partial charge in [0.1, 0.15) is 5.82 Å². The number of hydrogen-bond acceptors (Lipinski definition) is 1. The van der Waals surface area contributed by atoms with Gasteiger partial charge in [-0.25, -0.2) is 4.39 Å². The first-order valence-corrected chi connectivity index (χ1v) is 9.00. The molecule has 1 fully saturated rings. The first-order chi connectivity index (χ1) is 10.1. The third-order valence-electron chi connectivity index (χ3n) is 4.52. The van der Waals surface area contributed by atoms with Crippen LogP contribution in [0.5, 0.6) is 0 Å². The van der Waals surface area contributed by atoms with Gasteiger partial charge in [-0.3, -0.25) is 0 Å². The minimum atomic E-state index is -0.126. The van der Waals surface area contributed by atoms with Crippen LogP contribution in [-0.4, -0.2) is 13.1 Å². The van der Waals surface area contributed by atoms with Crippen LogP contribution in [0.2, 0.25) is 0 Å². The normalized spacial score (nSPS) is 22.7. The molecule has 0 bridgehead atoms. The van der Waals surface area contributed by atoms with Gasteiger partial charge in [0.15, 0.2) is 0 Å². The first kappa shape index (κ1) is 17.0. The van der Waals surface area contributed by atoms with Gasteiger partial charge in [-0.15, -0.1) is 0 Å². The topological polar surface area (TPSA) is 12.0 Å². The highest BCUT2D eigenvalue weighted by Gasteiger charge is 2.25. The molecule has 2 atom stereocenters. The molecule has 3 heteroatoms. The zero-order valence-electron chi connectivity index (χ0n) is 13.2. The number of benzene rings is 1. The fourth-order valence-corrected chi connectivity index (χ4v) is 3.77. The molecule has 1 aromatic carbocycles. The molecule has 2 rings (SSSR count). The van der Waals surface area contributed by atoms with E-state index < -0.39 is 0 Å². The summed E-state index contributed by atoms with van der Waals surface area (Å²) in [7, 11) is 0. The lowest BCUT2D eigenvalue weighted by atomic mass is 9.76. The molecule has 1 aliphatic carbocycles. The Kier molecular flexibility index (Phi) is 6.69. The molecule has 21 heavy (non-hydrogen) atoms. The maximum absolute atomic E-state index is 13.5. The molecule has 1 aliphatic rings. The van der Waals surface area contributed by atoms with Gasteiger partial charge in [-0.05, 0) is 73.9 Å². The van der Waals surface area contributed by atoms with Gasteiger partial charge in [0.25, 0.3) is 0 Å². The highest BCUT2D eigenvalue weighted by atomic mass is 79.9. The van der Waals surface area contributed by atoms with Crippen molar-refractivity contribution in [2.45, 2.75) is 46.0 Å². The van der Waals surface area contributed by atoms with E-state index in [0.717, 1.165) is 35.5 Å². The van der Waals surface area contributed by atoms with Gasteiger partial charge in [0.2, 0.25) is 0 Å². The minimum absolute atomic E-state index is 0.126. The quantitative estimate of drug-likeness (QED) is 0.740. The zero-order chi connectivity index (χ0) is 15.2. The number of rotatable bonds is 6. The van der Waals surface area contributed by atoms with Crippen LogP contribution >= 0.6 is 15.9 Å². The third-order valence-corrected chi connectivity index (χ3v) is 5.29. The smallest absolute Gasteiger partial charge is 0.123 e. The Hall–Kier alpha value is -0.410. The Morgan fingerprint density at radius 1 is 1.24 bits per heavy atom. The third kappa shape index (κ3) is 5.37. The van der Waals surface area contributed by atoms with Crippen molar-refractivity contribution in [1.29, 1.82) is 0 Å². The second-order valence-electron chi connectivity index (χ2n) is 6.80. The largest absolute Gasteiger partial charge is 0.316 e. The van der Waals surface area contributed by atoms with E-state index in [-0.39, 0.29) is 5.82 Å². The van der Waals surface area contributed by atoms with Crippen molar-refractivity contribution in [2.75, 3.05) is 13.1 Å². The molecule has 0 amide bonds. The number of nitrogens with one attached hydrogen (secondary N) is 1. The average molecular weight is 356 g/mol. The second-order valence-corrected chi connectivity index (χ2v) is 7.65. The molecule has 1 nitrogen and oxygen atoms in total. The van der Waals surface area contributed by atoms with Gasteiger partial charge in [-0.2, -0.15) is 0 Å². The Balaban J connectivity index is 1.96. The highest BCUT2D eigenvalue weighted by Crippen LogP contribution is 2.34. The van der Waals surface area contributed by atoms with Crippen LogP contribution < -0.4 is 5.32 Å². The van der Waals surface area contributed by atoms with Crippen molar-refractivity contribution in [3.05, 3.63) is 34.1 Å². The van der Waals surface area contributed by atoms with Gasteiger partial charge >= 0.3 is 0 Å². The van der Waals surface area contributed by atoms with Crippen molar-refractivity contribution < 1.29 is 4.39 Å². The molecule has 0 radical (unpaired) electrons. The van der Waals surface area contributed by atoms with Crippen LogP contribution in [-0.2, 0) is 6.42 Å². The van der Waals surface area contributed by atoms with Crippen molar-refractivity contribution >= 4 is 15.9 Å². The summed E-state index contributed by atoms with van der Waals surface area (Å²) < 4.78 is 14.5. The Bertz CT molecular complexity index is 447. The van der Waals surface area contributed by atoms with Gasteiger partial charge < -0.3 is 5.32 Å². The highest BCUT2D eigenvalue weighted by molar-refractivity contribution is 9.10. The minimum Gasteiger partial charge on any atom is -0.316 e. The molecule has 0 saturated heterocycles. The van der Waals surface area contributed by atoms with Gasteiger partial charge in [-0.1, -0.05) is 42.6 Å². The van der Waals surface area contributed by atoms with Crippen molar-refractivity contribution in [3.8, 4) is 0 Å². The lowest BCUT2D eigenvalue weighted by Crippen LogP contribution is -2.33. The van der Waals surface area contributed by atoms with Crippen LogP contribution in [0, 0.1) is 23.6 Å². The lowest BCUT2D eigenvalue weighted by Gasteiger charge is -2.32. The van der Waals surface area contributed by atoms with Crippen LogP contribution in [0.3, 0.4) is 0 Å². The van der Waals surface area contributed by atoms with Crippen molar-refractivity contribution in [3.63, 3.8) is 0 Å². The maximum Gasteiger partial charge on any atom is 0.123 e. The number of hydrogen-bond donors (Lipinski definition) is 1. The summed E-state index contributed by atoms with van der Waals surface area (Å²) in [6.45, 7) is 6.69. The van der Waals surface area contributed by atoms with Crippen molar-refractivity contribution in [2.24, 2.45) is 17.8 Å². The summed E-state index contributed by atoms with van der Waals surface area (Å²) in [5.41, 5.74) is 1.12. The molecular formula is C18H27BrFN. The fourth-order valence-electron chi connectivity index (χ4n) is 3.36. The molecule has 2 unspecified atom stereocenters. The Labute approximate surface area is 136 Å². The molecule has 0 heterocycles. The number of halogens is 2. The Morgan fingerprint density at radius 2 is 1.95 bits per heavy atom. The maximum atomic E-state index is 13.5. The summed E-state index contributed by atoms with van der Waals surface area (Å²) in [6, 6.07) is 5.05. The lowest BCUT2D eigenvalue weighted by molar-refractivity contribution is 0.226. The van der Waals surface area contributed by atoms with Gasteiger partial charge in [0, 0.05) is 4.47 Å². The zero-order valence-corrected chi connectivity index (χ0v) is 14.8. The fraction of sp³-hybridized carbons (Fsp3) is 0.667. The molecule has 1 aromatic rings. The van der Waals surface area contributed by atoms with Gasteiger partial charge in [0.05, 0.1) is 0 Å². The molecule has 1 saturated carbocycles. The summed E-state index contributed by atoms with van der Waals surface area (Å²) in [4.78, 5) is 0. The summed E-state index contributed by atoms with van der Waals surface area (Å²) >= 11 is 3.57. The van der Waals surface area contributed by atoms with E-state index in [4.69, 9.17) is 0 Å². The predicted molar refractivity (Wildman–Crippen MR) is 91.0 cm³/mol. The van der Waals surface area contributed by atoms with E-state index in [1.807, 2.05) is 6.07 Å². The monoisotopic (exact) mass is 355 g/mol. The molecule has 0 spiro atoms. The van der Waals surface area contributed by atoms with Crippen LogP contribution in [0.15, 0.2) is 22.7 Å².